The first-order valence-electron chi connectivity index (χ1n) is 8.71. The highest BCUT2D eigenvalue weighted by atomic mass is 32.1. The second-order valence-corrected chi connectivity index (χ2v) is 8.68. The molecular formula is C18H28NO3S+. The van der Waals surface area contributed by atoms with Crippen LogP contribution in [0, 0.1) is 5.92 Å². The third-order valence-corrected chi connectivity index (χ3v) is 6.41. The van der Waals surface area contributed by atoms with Crippen molar-refractivity contribution in [1.82, 2.24) is 0 Å². The van der Waals surface area contributed by atoms with E-state index in [0.29, 0.717) is 0 Å². The molecule has 128 valence electrons. The Morgan fingerprint density at radius 2 is 2.04 bits per heavy atom. The zero-order valence-corrected chi connectivity index (χ0v) is 15.0. The van der Waals surface area contributed by atoms with Crippen molar-refractivity contribution in [3.8, 4) is 0 Å². The van der Waals surface area contributed by atoms with Gasteiger partial charge in [-0.05, 0) is 30.7 Å². The Hall–Kier alpha value is -0.910. The smallest absolute Gasteiger partial charge is 0.344 e. The molecular weight excluding hydrogens is 310 g/mol. The van der Waals surface area contributed by atoms with Crippen LogP contribution in [0.25, 0.3) is 0 Å². The summed E-state index contributed by atoms with van der Waals surface area (Å²) < 4.78 is 6.70. The van der Waals surface area contributed by atoms with Crippen LogP contribution in [-0.2, 0) is 15.1 Å². The van der Waals surface area contributed by atoms with Crippen LogP contribution in [-0.4, -0.2) is 48.8 Å². The summed E-state index contributed by atoms with van der Waals surface area (Å²) in [6.45, 7) is 1.95. The Labute approximate surface area is 142 Å². The summed E-state index contributed by atoms with van der Waals surface area (Å²) in [5, 5.41) is 13.3. The Bertz CT molecular complexity index is 536. The number of carbonyl (C=O) groups excluding carboxylic acids is 1. The van der Waals surface area contributed by atoms with Gasteiger partial charge in [0.15, 0.2) is 11.7 Å². The number of likely N-dealkylation sites (N-methyl/N-ethyl adjacent to an activating group) is 1. The standard InChI is InChI=1S/C18H28NO3S/c1-19(2)11-5-9-15(13-19)22-17(20)18(21,14-7-3-4-8-14)16-10-6-12-23-16/h6,10,12,14-15,21H,3-5,7-9,11,13H2,1-2H3/q+1/t15-,18+/m0/s1. The van der Waals surface area contributed by atoms with Gasteiger partial charge in [-0.15, -0.1) is 11.3 Å². The molecule has 1 aliphatic carbocycles. The van der Waals surface area contributed by atoms with Crippen molar-refractivity contribution in [1.29, 1.82) is 0 Å². The molecule has 0 spiro atoms. The summed E-state index contributed by atoms with van der Waals surface area (Å²) in [4.78, 5) is 13.7. The molecule has 1 saturated heterocycles. The van der Waals surface area contributed by atoms with Gasteiger partial charge in [0.25, 0.3) is 0 Å². The summed E-state index contributed by atoms with van der Waals surface area (Å²) >= 11 is 1.45. The van der Waals surface area contributed by atoms with Crippen molar-refractivity contribution in [2.75, 3.05) is 27.2 Å². The van der Waals surface area contributed by atoms with E-state index in [2.05, 4.69) is 14.1 Å². The zero-order valence-electron chi connectivity index (χ0n) is 14.2. The molecule has 2 heterocycles. The maximum absolute atomic E-state index is 13.0. The normalized spacial score (nSPS) is 27.5. The lowest BCUT2D eigenvalue weighted by Gasteiger charge is -2.39. The highest BCUT2D eigenvalue weighted by Gasteiger charge is 2.49. The van der Waals surface area contributed by atoms with Gasteiger partial charge in [-0.3, -0.25) is 0 Å². The Balaban J connectivity index is 1.78. The number of nitrogens with zero attached hydrogens (tertiary/aromatic N) is 1. The highest BCUT2D eigenvalue weighted by molar-refractivity contribution is 7.10. The van der Waals surface area contributed by atoms with Crippen LogP contribution in [0.3, 0.4) is 0 Å². The molecule has 0 radical (unpaired) electrons. The van der Waals surface area contributed by atoms with Crippen LogP contribution in [0.2, 0.25) is 0 Å². The lowest BCUT2D eigenvalue weighted by Crippen LogP contribution is -2.52. The number of carbonyl (C=O) groups is 1. The summed E-state index contributed by atoms with van der Waals surface area (Å²) in [5.74, 6) is -0.446. The van der Waals surface area contributed by atoms with Crippen molar-refractivity contribution in [2.24, 2.45) is 5.92 Å². The average Bonchev–Trinajstić information content (AvgIpc) is 3.19. The molecule has 1 N–H and O–H groups in total. The molecule has 3 rings (SSSR count). The number of quaternary nitrogens is 1. The maximum Gasteiger partial charge on any atom is 0.344 e. The Morgan fingerprint density at radius 1 is 1.30 bits per heavy atom. The number of rotatable bonds is 4. The molecule has 1 saturated carbocycles. The lowest BCUT2D eigenvalue weighted by atomic mass is 9.84. The van der Waals surface area contributed by atoms with Gasteiger partial charge in [0.2, 0.25) is 0 Å². The van der Waals surface area contributed by atoms with Gasteiger partial charge in [0, 0.05) is 17.2 Å². The van der Waals surface area contributed by atoms with E-state index >= 15 is 0 Å². The molecule has 2 atom stereocenters. The molecule has 2 aliphatic rings. The molecule has 0 amide bonds. The summed E-state index contributed by atoms with van der Waals surface area (Å²) in [6.07, 6.45) is 5.84. The first-order valence-corrected chi connectivity index (χ1v) is 9.59. The predicted molar refractivity (Wildman–Crippen MR) is 91.1 cm³/mol. The first kappa shape index (κ1) is 16.9. The second kappa shape index (κ2) is 6.54. The number of thiophene rings is 1. The molecule has 1 aromatic heterocycles. The van der Waals surface area contributed by atoms with E-state index in [4.69, 9.17) is 4.74 Å². The van der Waals surface area contributed by atoms with Crippen LogP contribution in [0.5, 0.6) is 0 Å². The fourth-order valence-electron chi connectivity index (χ4n) is 4.13. The molecule has 0 bridgehead atoms. The SMILES string of the molecule is C[N+]1(C)CCC[C@H](OC(=O)[C@](O)(c2cccs2)C2CCCC2)C1. The third kappa shape index (κ3) is 3.47. The molecule has 5 heteroatoms. The molecule has 0 unspecified atom stereocenters. The van der Waals surface area contributed by atoms with E-state index in [1.54, 1.807) is 0 Å². The topological polar surface area (TPSA) is 46.5 Å². The van der Waals surface area contributed by atoms with Crippen molar-refractivity contribution >= 4 is 17.3 Å². The predicted octanol–water partition coefficient (Wildman–Crippen LogP) is 2.91. The average molecular weight is 338 g/mol. The van der Waals surface area contributed by atoms with Gasteiger partial charge in [-0.1, -0.05) is 18.9 Å². The fourth-order valence-corrected chi connectivity index (χ4v) is 5.02. The Kier molecular flexibility index (Phi) is 4.81. The van der Waals surface area contributed by atoms with Crippen molar-refractivity contribution in [3.05, 3.63) is 22.4 Å². The van der Waals surface area contributed by atoms with E-state index in [9.17, 15) is 9.90 Å². The summed E-state index contributed by atoms with van der Waals surface area (Å²) in [6, 6.07) is 3.76. The van der Waals surface area contributed by atoms with Crippen LogP contribution in [0.4, 0.5) is 0 Å². The van der Waals surface area contributed by atoms with Gasteiger partial charge < -0.3 is 14.3 Å². The largest absolute Gasteiger partial charge is 0.454 e. The summed E-state index contributed by atoms with van der Waals surface area (Å²) in [7, 11) is 4.34. The maximum atomic E-state index is 13.0. The van der Waals surface area contributed by atoms with E-state index in [0.717, 1.165) is 61.0 Å². The molecule has 1 aliphatic heterocycles. The van der Waals surface area contributed by atoms with E-state index in [1.165, 1.54) is 11.3 Å². The van der Waals surface area contributed by atoms with E-state index < -0.39 is 11.6 Å². The molecule has 2 fully saturated rings. The van der Waals surface area contributed by atoms with Gasteiger partial charge in [0.1, 0.15) is 6.54 Å². The number of esters is 1. The van der Waals surface area contributed by atoms with Gasteiger partial charge in [-0.25, -0.2) is 4.79 Å². The number of aliphatic hydroxyl groups is 1. The number of hydrogen-bond donors (Lipinski definition) is 1. The van der Waals surface area contributed by atoms with E-state index in [1.807, 2.05) is 17.5 Å². The van der Waals surface area contributed by atoms with Crippen molar-refractivity contribution in [3.63, 3.8) is 0 Å². The highest BCUT2D eigenvalue weighted by Crippen LogP contribution is 2.43. The minimum atomic E-state index is -1.46. The Morgan fingerprint density at radius 3 is 2.65 bits per heavy atom. The number of likely N-dealkylation sites (tertiary alicyclic amines) is 1. The minimum absolute atomic E-state index is 0.0141. The second-order valence-electron chi connectivity index (χ2n) is 7.74. The van der Waals surface area contributed by atoms with Crippen molar-refractivity contribution in [2.45, 2.75) is 50.2 Å². The monoisotopic (exact) mass is 338 g/mol. The molecule has 4 nitrogen and oxygen atoms in total. The van der Waals surface area contributed by atoms with E-state index in [-0.39, 0.29) is 12.0 Å². The quantitative estimate of drug-likeness (QED) is 0.678. The van der Waals surface area contributed by atoms with Crippen LogP contribution < -0.4 is 0 Å². The van der Waals surface area contributed by atoms with Crippen LogP contribution >= 0.6 is 11.3 Å². The zero-order chi connectivity index (χ0) is 16.5. The molecule has 0 aromatic carbocycles. The van der Waals surface area contributed by atoms with Gasteiger partial charge >= 0.3 is 5.97 Å². The van der Waals surface area contributed by atoms with Crippen molar-refractivity contribution < 1.29 is 19.1 Å². The van der Waals surface area contributed by atoms with Gasteiger partial charge in [0.05, 0.1) is 20.6 Å². The summed E-state index contributed by atoms with van der Waals surface area (Å²) in [5.41, 5.74) is -1.46. The lowest BCUT2D eigenvalue weighted by molar-refractivity contribution is -0.898. The third-order valence-electron chi connectivity index (χ3n) is 5.42. The van der Waals surface area contributed by atoms with Gasteiger partial charge in [-0.2, -0.15) is 0 Å². The molecule has 1 aromatic rings. The van der Waals surface area contributed by atoms with Crippen LogP contribution in [0.15, 0.2) is 17.5 Å². The number of hydrogen-bond acceptors (Lipinski definition) is 4. The van der Waals surface area contributed by atoms with Crippen LogP contribution in [0.1, 0.15) is 43.4 Å². The minimum Gasteiger partial charge on any atom is -0.454 e. The first-order chi connectivity index (χ1) is 10.9. The molecule has 23 heavy (non-hydrogen) atoms. The fraction of sp³-hybridized carbons (Fsp3) is 0.722. The number of piperidine rings is 1. The number of ether oxygens (including phenoxy) is 1.